The van der Waals surface area contributed by atoms with Gasteiger partial charge in [-0.3, -0.25) is 10.1 Å². The van der Waals surface area contributed by atoms with Crippen LogP contribution in [0.15, 0.2) is 48.5 Å². The summed E-state index contributed by atoms with van der Waals surface area (Å²) >= 11 is 0. The van der Waals surface area contributed by atoms with Crippen LogP contribution >= 0.6 is 0 Å². The van der Waals surface area contributed by atoms with Gasteiger partial charge in [0, 0.05) is 18.6 Å². The van der Waals surface area contributed by atoms with Gasteiger partial charge in [-0.25, -0.2) is 4.79 Å². The van der Waals surface area contributed by atoms with Crippen molar-refractivity contribution in [1.82, 2.24) is 0 Å². The summed E-state index contributed by atoms with van der Waals surface area (Å²) in [5.74, 6) is -0.352. The Kier molecular flexibility index (Phi) is 2.95. The third-order valence-electron chi connectivity index (χ3n) is 3.37. The van der Waals surface area contributed by atoms with Crippen LogP contribution in [0.5, 0.6) is 0 Å². The predicted octanol–water partition coefficient (Wildman–Crippen LogP) is 3.05. The van der Waals surface area contributed by atoms with E-state index in [4.69, 9.17) is 4.74 Å². The number of cyclic esters (lactones) is 1. The Labute approximate surface area is 115 Å². The smallest absolute Gasteiger partial charge is 0.339 e. The van der Waals surface area contributed by atoms with Gasteiger partial charge in [0.25, 0.3) is 5.69 Å². The van der Waals surface area contributed by atoms with Crippen LogP contribution in [0, 0.1) is 10.1 Å². The molecule has 0 fully saturated rings. The zero-order chi connectivity index (χ0) is 14.1. The van der Waals surface area contributed by atoms with Gasteiger partial charge in [0.1, 0.15) is 6.10 Å². The van der Waals surface area contributed by atoms with E-state index in [1.165, 1.54) is 12.1 Å². The Morgan fingerprint density at radius 1 is 1.10 bits per heavy atom. The van der Waals surface area contributed by atoms with E-state index in [0.717, 1.165) is 11.1 Å². The normalized spacial score (nSPS) is 17.2. The number of hydrogen-bond acceptors (Lipinski definition) is 4. The van der Waals surface area contributed by atoms with Gasteiger partial charge in [-0.15, -0.1) is 0 Å². The van der Waals surface area contributed by atoms with Crippen molar-refractivity contribution < 1.29 is 14.5 Å². The summed E-state index contributed by atoms with van der Waals surface area (Å²) in [4.78, 5) is 22.1. The minimum Gasteiger partial charge on any atom is -0.454 e. The molecule has 0 aromatic heterocycles. The quantitative estimate of drug-likeness (QED) is 0.477. The summed E-state index contributed by atoms with van der Waals surface area (Å²) in [6, 6.07) is 13.4. The molecule has 2 aromatic carbocycles. The molecule has 0 bridgehead atoms. The number of nitro groups is 1. The second kappa shape index (κ2) is 4.77. The van der Waals surface area contributed by atoms with Crippen LogP contribution in [0.3, 0.4) is 0 Å². The SMILES string of the molecule is O=C1O[C@H](c2ccc([N+](=O)[O-])cc2)Cc2ccccc21. The van der Waals surface area contributed by atoms with Gasteiger partial charge in [-0.1, -0.05) is 18.2 Å². The summed E-state index contributed by atoms with van der Waals surface area (Å²) in [5, 5.41) is 10.6. The molecule has 0 spiro atoms. The summed E-state index contributed by atoms with van der Waals surface area (Å²) in [6.07, 6.45) is 0.193. The largest absolute Gasteiger partial charge is 0.454 e. The number of benzene rings is 2. The third kappa shape index (κ3) is 2.14. The van der Waals surface area contributed by atoms with Crippen LogP contribution in [0.4, 0.5) is 5.69 Å². The van der Waals surface area contributed by atoms with Gasteiger partial charge in [0.15, 0.2) is 0 Å². The number of nitro benzene ring substituents is 1. The zero-order valence-corrected chi connectivity index (χ0v) is 10.5. The van der Waals surface area contributed by atoms with Crippen molar-refractivity contribution in [3.05, 3.63) is 75.3 Å². The molecule has 1 atom stereocenters. The third-order valence-corrected chi connectivity index (χ3v) is 3.37. The van der Waals surface area contributed by atoms with Gasteiger partial charge in [0.2, 0.25) is 0 Å². The highest BCUT2D eigenvalue weighted by Gasteiger charge is 2.27. The molecule has 0 unspecified atom stereocenters. The molecule has 0 saturated heterocycles. The highest BCUT2D eigenvalue weighted by molar-refractivity contribution is 5.92. The van der Waals surface area contributed by atoms with E-state index in [1.54, 1.807) is 24.3 Å². The van der Waals surface area contributed by atoms with Crippen LogP contribution in [-0.2, 0) is 11.2 Å². The monoisotopic (exact) mass is 269 g/mol. The maximum atomic E-state index is 11.9. The van der Waals surface area contributed by atoms with Crippen molar-refractivity contribution in [2.75, 3.05) is 0 Å². The molecule has 5 nitrogen and oxygen atoms in total. The Balaban J connectivity index is 1.90. The van der Waals surface area contributed by atoms with Crippen LogP contribution in [-0.4, -0.2) is 10.9 Å². The van der Waals surface area contributed by atoms with Crippen LogP contribution in [0.2, 0.25) is 0 Å². The van der Waals surface area contributed by atoms with E-state index in [0.29, 0.717) is 12.0 Å². The van der Waals surface area contributed by atoms with Gasteiger partial charge in [-0.2, -0.15) is 0 Å². The van der Waals surface area contributed by atoms with Gasteiger partial charge >= 0.3 is 5.97 Å². The lowest BCUT2D eigenvalue weighted by molar-refractivity contribution is -0.384. The molecule has 1 heterocycles. The second-order valence-corrected chi connectivity index (χ2v) is 4.60. The molecular weight excluding hydrogens is 258 g/mol. The molecule has 0 aliphatic carbocycles. The average Bonchev–Trinajstić information content (AvgIpc) is 2.47. The summed E-state index contributed by atoms with van der Waals surface area (Å²) in [6.45, 7) is 0. The molecule has 2 aromatic rings. The van der Waals surface area contributed by atoms with E-state index in [2.05, 4.69) is 0 Å². The second-order valence-electron chi connectivity index (χ2n) is 4.60. The van der Waals surface area contributed by atoms with Crippen molar-refractivity contribution in [3.8, 4) is 0 Å². The predicted molar refractivity (Wildman–Crippen MR) is 71.4 cm³/mol. The first-order valence-electron chi connectivity index (χ1n) is 6.18. The number of hydrogen-bond donors (Lipinski definition) is 0. The Hall–Kier alpha value is -2.69. The van der Waals surface area contributed by atoms with E-state index >= 15 is 0 Å². The topological polar surface area (TPSA) is 69.4 Å². The summed E-state index contributed by atoms with van der Waals surface area (Å²) in [5.41, 5.74) is 2.31. The molecule has 0 saturated carbocycles. The van der Waals surface area contributed by atoms with E-state index < -0.39 is 11.0 Å². The van der Waals surface area contributed by atoms with Crippen molar-refractivity contribution in [1.29, 1.82) is 0 Å². The number of carbonyl (C=O) groups is 1. The molecule has 0 N–H and O–H groups in total. The molecule has 5 heteroatoms. The standard InChI is InChI=1S/C15H11NO4/c17-15-13-4-2-1-3-11(13)9-14(20-15)10-5-7-12(8-6-10)16(18)19/h1-8,14H,9H2/t14-/m0/s1. The molecule has 0 amide bonds. The van der Waals surface area contributed by atoms with Crippen LogP contribution in [0.1, 0.15) is 27.6 Å². The highest BCUT2D eigenvalue weighted by Crippen LogP contribution is 2.31. The summed E-state index contributed by atoms with van der Waals surface area (Å²) in [7, 11) is 0. The lowest BCUT2D eigenvalue weighted by Crippen LogP contribution is -2.21. The maximum absolute atomic E-state index is 11.9. The highest BCUT2D eigenvalue weighted by atomic mass is 16.6. The lowest BCUT2D eigenvalue weighted by Gasteiger charge is -2.24. The molecule has 3 rings (SSSR count). The lowest BCUT2D eigenvalue weighted by atomic mass is 9.95. The van der Waals surface area contributed by atoms with Gasteiger partial charge < -0.3 is 4.74 Å². The molecule has 1 aliphatic heterocycles. The summed E-state index contributed by atoms with van der Waals surface area (Å²) < 4.78 is 5.39. The van der Waals surface area contributed by atoms with Crippen molar-refractivity contribution in [3.63, 3.8) is 0 Å². The minimum absolute atomic E-state index is 0.0243. The zero-order valence-electron chi connectivity index (χ0n) is 10.5. The molecule has 100 valence electrons. The number of rotatable bonds is 2. The fraction of sp³-hybridized carbons (Fsp3) is 0.133. The molecular formula is C15H11NO4. The number of carbonyl (C=O) groups excluding carboxylic acids is 1. The Morgan fingerprint density at radius 2 is 1.80 bits per heavy atom. The Bertz CT molecular complexity index is 679. The number of non-ortho nitro benzene ring substituents is 1. The van der Waals surface area contributed by atoms with Gasteiger partial charge in [-0.05, 0) is 29.3 Å². The number of nitrogens with zero attached hydrogens (tertiary/aromatic N) is 1. The first kappa shape index (κ1) is 12.3. The number of esters is 1. The molecule has 0 radical (unpaired) electrons. The first-order chi connectivity index (χ1) is 9.65. The van der Waals surface area contributed by atoms with Crippen molar-refractivity contribution in [2.45, 2.75) is 12.5 Å². The van der Waals surface area contributed by atoms with E-state index in [1.807, 2.05) is 12.1 Å². The number of fused-ring (bicyclic) bond motifs is 1. The van der Waals surface area contributed by atoms with Crippen molar-refractivity contribution in [2.24, 2.45) is 0 Å². The van der Waals surface area contributed by atoms with E-state index in [9.17, 15) is 14.9 Å². The molecule has 20 heavy (non-hydrogen) atoms. The first-order valence-corrected chi connectivity index (χ1v) is 6.18. The van der Waals surface area contributed by atoms with Crippen LogP contribution in [0.25, 0.3) is 0 Å². The minimum atomic E-state index is -0.452. The number of ether oxygens (including phenoxy) is 1. The maximum Gasteiger partial charge on any atom is 0.339 e. The fourth-order valence-electron chi connectivity index (χ4n) is 2.33. The fourth-order valence-corrected chi connectivity index (χ4v) is 2.33. The molecule has 1 aliphatic rings. The van der Waals surface area contributed by atoms with E-state index in [-0.39, 0.29) is 11.7 Å². The van der Waals surface area contributed by atoms with Crippen LogP contribution < -0.4 is 0 Å². The van der Waals surface area contributed by atoms with Crippen molar-refractivity contribution >= 4 is 11.7 Å². The Morgan fingerprint density at radius 3 is 2.50 bits per heavy atom. The average molecular weight is 269 g/mol. The van der Waals surface area contributed by atoms with Gasteiger partial charge in [0.05, 0.1) is 10.5 Å².